The number of rotatable bonds is 8. The van der Waals surface area contributed by atoms with E-state index >= 15 is 0 Å². The molecule has 5 nitrogen and oxygen atoms in total. The van der Waals surface area contributed by atoms with Gasteiger partial charge in [0.2, 0.25) is 10.0 Å². The van der Waals surface area contributed by atoms with Crippen molar-refractivity contribution in [2.75, 3.05) is 38.5 Å². The molecule has 0 saturated carbocycles. The van der Waals surface area contributed by atoms with E-state index in [1.54, 1.807) is 4.31 Å². The number of hydrogen-bond acceptors (Lipinski definition) is 4. The summed E-state index contributed by atoms with van der Waals surface area (Å²) in [7, 11) is -3.27. The summed E-state index contributed by atoms with van der Waals surface area (Å²) < 4.78 is 44.9. The number of halogens is 1. The summed E-state index contributed by atoms with van der Waals surface area (Å²) in [5, 5.41) is 0. The number of benzene rings is 2. The molecule has 1 fully saturated rings. The van der Waals surface area contributed by atoms with Crippen molar-refractivity contribution in [3.05, 3.63) is 66.0 Å². The predicted octanol–water partition coefficient (Wildman–Crippen LogP) is 2.74. The average molecular weight is 392 g/mol. The molecule has 146 valence electrons. The van der Waals surface area contributed by atoms with Crippen LogP contribution in [0.2, 0.25) is 0 Å². The van der Waals surface area contributed by atoms with Crippen LogP contribution in [0.3, 0.4) is 0 Å². The third-order valence-electron chi connectivity index (χ3n) is 4.60. The van der Waals surface area contributed by atoms with Crippen molar-refractivity contribution < 1.29 is 17.5 Å². The van der Waals surface area contributed by atoms with E-state index < -0.39 is 10.0 Å². The molecule has 2 aromatic rings. The van der Waals surface area contributed by atoms with Gasteiger partial charge in [-0.15, -0.1) is 0 Å². The van der Waals surface area contributed by atoms with Crippen LogP contribution in [-0.2, 0) is 16.6 Å². The summed E-state index contributed by atoms with van der Waals surface area (Å²) in [6, 6.07) is 15.9. The zero-order valence-electron chi connectivity index (χ0n) is 15.3. The summed E-state index contributed by atoms with van der Waals surface area (Å²) in [6.07, 6.45) is 0.407. The fraction of sp³-hybridized carbons (Fsp3) is 0.400. The lowest BCUT2D eigenvalue weighted by Gasteiger charge is -2.34. The van der Waals surface area contributed by atoms with Gasteiger partial charge in [0.25, 0.3) is 0 Å². The molecule has 7 heteroatoms. The topological polar surface area (TPSA) is 49.9 Å². The largest absolute Gasteiger partial charge is 0.494 e. The number of sulfonamides is 1. The zero-order chi connectivity index (χ0) is 19.1. The summed E-state index contributed by atoms with van der Waals surface area (Å²) in [4.78, 5) is 2.28. The third-order valence-corrected chi connectivity index (χ3v) is 6.56. The molecule has 0 aromatic heterocycles. The van der Waals surface area contributed by atoms with Gasteiger partial charge in [-0.2, -0.15) is 4.31 Å². The molecule has 2 aromatic carbocycles. The highest BCUT2D eigenvalue weighted by atomic mass is 32.2. The van der Waals surface area contributed by atoms with Crippen LogP contribution in [0.15, 0.2) is 54.6 Å². The van der Waals surface area contributed by atoms with E-state index in [1.807, 2.05) is 18.2 Å². The number of ether oxygens (including phenoxy) is 1. The molecule has 0 N–H and O–H groups in total. The lowest BCUT2D eigenvalue weighted by atomic mass is 10.2. The van der Waals surface area contributed by atoms with E-state index in [1.165, 1.54) is 29.8 Å². The predicted molar refractivity (Wildman–Crippen MR) is 104 cm³/mol. The highest BCUT2D eigenvalue weighted by molar-refractivity contribution is 7.89. The van der Waals surface area contributed by atoms with Crippen LogP contribution in [-0.4, -0.2) is 56.2 Å². The molecule has 0 radical (unpaired) electrons. The maximum atomic E-state index is 12.8. The Bertz CT molecular complexity index is 805. The van der Waals surface area contributed by atoms with E-state index in [-0.39, 0.29) is 11.6 Å². The molecule has 0 bridgehead atoms. The Balaban J connectivity index is 1.39. The molecular formula is C20H25FN2O3S. The van der Waals surface area contributed by atoms with Gasteiger partial charge in [-0.1, -0.05) is 30.3 Å². The Morgan fingerprint density at radius 3 is 2.26 bits per heavy atom. The van der Waals surface area contributed by atoms with Crippen LogP contribution < -0.4 is 4.74 Å². The van der Waals surface area contributed by atoms with Crippen molar-refractivity contribution in [1.29, 1.82) is 0 Å². The van der Waals surface area contributed by atoms with Crippen LogP contribution in [0.1, 0.15) is 12.0 Å². The molecule has 1 aliphatic heterocycles. The first kappa shape index (κ1) is 19.8. The van der Waals surface area contributed by atoms with Gasteiger partial charge >= 0.3 is 0 Å². The molecule has 0 unspecified atom stereocenters. The van der Waals surface area contributed by atoms with Gasteiger partial charge in [0.15, 0.2) is 0 Å². The Morgan fingerprint density at radius 2 is 1.59 bits per heavy atom. The van der Waals surface area contributed by atoms with Gasteiger partial charge in [0, 0.05) is 32.7 Å². The quantitative estimate of drug-likeness (QED) is 0.648. The Labute approximate surface area is 160 Å². The minimum Gasteiger partial charge on any atom is -0.494 e. The summed E-state index contributed by atoms with van der Waals surface area (Å²) in [5.41, 5.74) is 1.24. The van der Waals surface area contributed by atoms with Gasteiger partial charge < -0.3 is 4.74 Å². The lowest BCUT2D eigenvalue weighted by Crippen LogP contribution is -2.48. The van der Waals surface area contributed by atoms with E-state index in [0.717, 1.165) is 19.6 Å². The fourth-order valence-corrected chi connectivity index (χ4v) is 4.56. The second kappa shape index (κ2) is 9.30. The second-order valence-corrected chi connectivity index (χ2v) is 8.72. The highest BCUT2D eigenvalue weighted by Crippen LogP contribution is 2.14. The molecule has 0 aliphatic carbocycles. The summed E-state index contributed by atoms with van der Waals surface area (Å²) in [6.45, 7) is 3.65. The Morgan fingerprint density at radius 1 is 0.926 bits per heavy atom. The van der Waals surface area contributed by atoms with Crippen molar-refractivity contribution in [2.45, 2.75) is 13.0 Å². The van der Waals surface area contributed by atoms with Crippen LogP contribution in [0.5, 0.6) is 5.75 Å². The van der Waals surface area contributed by atoms with Crippen LogP contribution in [0.4, 0.5) is 4.39 Å². The molecule has 1 saturated heterocycles. The second-order valence-electron chi connectivity index (χ2n) is 6.63. The van der Waals surface area contributed by atoms with E-state index in [2.05, 4.69) is 17.0 Å². The molecule has 27 heavy (non-hydrogen) atoms. The van der Waals surface area contributed by atoms with Crippen molar-refractivity contribution in [3.8, 4) is 5.75 Å². The van der Waals surface area contributed by atoms with Gasteiger partial charge in [-0.05, 0) is 36.2 Å². The molecule has 1 aliphatic rings. The van der Waals surface area contributed by atoms with Crippen LogP contribution in [0.25, 0.3) is 0 Å². The number of piperazine rings is 1. The van der Waals surface area contributed by atoms with E-state index in [0.29, 0.717) is 31.9 Å². The molecule has 0 amide bonds. The standard InChI is InChI=1S/C20H25FN2O3S/c21-19-7-9-20(10-8-19)26-15-4-16-27(24,25)23-13-11-22(12-14-23)17-18-5-2-1-3-6-18/h1-3,5-10H,4,11-17H2. The first-order valence-electron chi connectivity index (χ1n) is 9.15. The Kier molecular flexibility index (Phi) is 6.82. The van der Waals surface area contributed by atoms with E-state index in [9.17, 15) is 12.8 Å². The van der Waals surface area contributed by atoms with Crippen LogP contribution >= 0.6 is 0 Å². The minimum atomic E-state index is -3.27. The van der Waals surface area contributed by atoms with Gasteiger partial charge in [-0.3, -0.25) is 4.90 Å². The molecule has 1 heterocycles. The van der Waals surface area contributed by atoms with Crippen molar-refractivity contribution in [3.63, 3.8) is 0 Å². The maximum Gasteiger partial charge on any atom is 0.214 e. The SMILES string of the molecule is O=S(=O)(CCCOc1ccc(F)cc1)N1CCN(Cc2ccccc2)CC1. The van der Waals surface area contributed by atoms with Crippen molar-refractivity contribution >= 4 is 10.0 Å². The van der Waals surface area contributed by atoms with Gasteiger partial charge in [0.05, 0.1) is 12.4 Å². The van der Waals surface area contributed by atoms with Crippen molar-refractivity contribution in [1.82, 2.24) is 9.21 Å². The van der Waals surface area contributed by atoms with E-state index in [4.69, 9.17) is 4.74 Å². The molecule has 0 atom stereocenters. The summed E-state index contributed by atoms with van der Waals surface area (Å²) in [5.74, 6) is 0.284. The Hall–Kier alpha value is -1.96. The first-order valence-corrected chi connectivity index (χ1v) is 10.8. The molecular weight excluding hydrogens is 367 g/mol. The fourth-order valence-electron chi connectivity index (χ4n) is 3.10. The number of nitrogens with zero attached hydrogens (tertiary/aromatic N) is 2. The molecule has 0 spiro atoms. The smallest absolute Gasteiger partial charge is 0.214 e. The highest BCUT2D eigenvalue weighted by Gasteiger charge is 2.26. The molecule has 3 rings (SSSR count). The maximum absolute atomic E-state index is 12.8. The van der Waals surface area contributed by atoms with Crippen LogP contribution in [0, 0.1) is 5.82 Å². The lowest BCUT2D eigenvalue weighted by molar-refractivity contribution is 0.181. The first-order chi connectivity index (χ1) is 13.0. The third kappa shape index (κ3) is 6.02. The number of hydrogen-bond donors (Lipinski definition) is 0. The minimum absolute atomic E-state index is 0.0624. The van der Waals surface area contributed by atoms with Gasteiger partial charge in [-0.25, -0.2) is 12.8 Å². The summed E-state index contributed by atoms with van der Waals surface area (Å²) >= 11 is 0. The zero-order valence-corrected chi connectivity index (χ0v) is 16.1. The normalized spacial score (nSPS) is 16.3. The average Bonchev–Trinajstić information content (AvgIpc) is 2.68. The van der Waals surface area contributed by atoms with Gasteiger partial charge in [0.1, 0.15) is 11.6 Å². The monoisotopic (exact) mass is 392 g/mol. The van der Waals surface area contributed by atoms with Crippen molar-refractivity contribution in [2.24, 2.45) is 0 Å².